The molecule has 2 aliphatic rings. The lowest BCUT2D eigenvalue weighted by atomic mass is 9.91. The molecule has 7 heteroatoms. The van der Waals surface area contributed by atoms with E-state index in [0.29, 0.717) is 25.0 Å². The van der Waals surface area contributed by atoms with E-state index in [9.17, 15) is 13.5 Å². The molecule has 0 saturated carbocycles. The fraction of sp³-hybridized carbons (Fsp3) is 0.333. The number of benzene rings is 2. The Balaban J connectivity index is 1.63. The van der Waals surface area contributed by atoms with Gasteiger partial charge in [0.2, 0.25) is 0 Å². The molecular formula is C24H25NO5S. The minimum atomic E-state index is -3.75. The van der Waals surface area contributed by atoms with E-state index >= 15 is 0 Å². The van der Waals surface area contributed by atoms with Gasteiger partial charge in [0.05, 0.1) is 17.0 Å². The van der Waals surface area contributed by atoms with Gasteiger partial charge in [0, 0.05) is 16.6 Å². The highest BCUT2D eigenvalue weighted by atomic mass is 32.2. The van der Waals surface area contributed by atoms with Crippen molar-refractivity contribution in [2.24, 2.45) is 0 Å². The van der Waals surface area contributed by atoms with Crippen LogP contribution in [0.15, 0.2) is 65.1 Å². The van der Waals surface area contributed by atoms with Crippen molar-refractivity contribution >= 4 is 27.0 Å². The van der Waals surface area contributed by atoms with Gasteiger partial charge in [-0.15, -0.1) is 0 Å². The van der Waals surface area contributed by atoms with E-state index < -0.39 is 28.0 Å². The molecule has 0 unspecified atom stereocenters. The number of hydrogen-bond donors (Lipinski definition) is 1. The number of fused-ring (bicyclic) bond motifs is 3. The van der Waals surface area contributed by atoms with Crippen LogP contribution in [0, 0.1) is 0 Å². The zero-order chi connectivity index (χ0) is 21.8. The summed E-state index contributed by atoms with van der Waals surface area (Å²) in [5.41, 5.74) is 3.06. The van der Waals surface area contributed by atoms with Gasteiger partial charge >= 0.3 is 0 Å². The van der Waals surface area contributed by atoms with Gasteiger partial charge in [0.25, 0.3) is 10.0 Å². The Hall–Kier alpha value is -2.45. The second-order valence-electron chi connectivity index (χ2n) is 8.49. The van der Waals surface area contributed by atoms with Crippen molar-refractivity contribution in [3.63, 3.8) is 0 Å². The quantitative estimate of drug-likeness (QED) is 0.670. The van der Waals surface area contributed by atoms with Crippen LogP contribution in [0.4, 0.5) is 0 Å². The van der Waals surface area contributed by atoms with Crippen LogP contribution in [-0.4, -0.2) is 42.1 Å². The molecule has 5 rings (SSSR count). The van der Waals surface area contributed by atoms with Gasteiger partial charge in [-0.1, -0.05) is 42.5 Å². The Morgan fingerprint density at radius 3 is 2.48 bits per heavy atom. The van der Waals surface area contributed by atoms with E-state index in [1.54, 1.807) is 30.3 Å². The monoisotopic (exact) mass is 439 g/mol. The lowest BCUT2D eigenvalue weighted by Gasteiger charge is -2.25. The zero-order valence-electron chi connectivity index (χ0n) is 17.5. The molecule has 0 spiro atoms. The highest BCUT2D eigenvalue weighted by molar-refractivity contribution is 7.90. The van der Waals surface area contributed by atoms with E-state index in [1.165, 1.54) is 3.97 Å². The van der Waals surface area contributed by atoms with Crippen LogP contribution in [0.1, 0.15) is 31.5 Å². The lowest BCUT2D eigenvalue weighted by Crippen LogP contribution is -2.33. The van der Waals surface area contributed by atoms with Crippen molar-refractivity contribution < 1.29 is 23.0 Å². The Kier molecular flexibility index (Phi) is 4.82. The summed E-state index contributed by atoms with van der Waals surface area (Å²) in [6.07, 6.45) is 1.75. The van der Waals surface area contributed by atoms with Gasteiger partial charge in [0.15, 0.2) is 5.79 Å². The van der Waals surface area contributed by atoms with Crippen LogP contribution in [-0.2, 0) is 25.9 Å². The maximum absolute atomic E-state index is 13.5. The molecule has 1 fully saturated rings. The van der Waals surface area contributed by atoms with E-state index in [4.69, 9.17) is 9.47 Å². The first-order chi connectivity index (χ1) is 14.8. The van der Waals surface area contributed by atoms with E-state index in [1.807, 2.05) is 44.2 Å². The maximum atomic E-state index is 13.5. The smallest absolute Gasteiger partial charge is 0.268 e. The molecular weight excluding hydrogens is 414 g/mol. The fourth-order valence-electron chi connectivity index (χ4n) is 4.52. The Labute approximate surface area is 181 Å². The molecule has 0 bridgehead atoms. The number of hydrogen-bond acceptors (Lipinski definition) is 5. The molecule has 3 aromatic rings. The maximum Gasteiger partial charge on any atom is 0.268 e. The highest BCUT2D eigenvalue weighted by Gasteiger charge is 2.39. The van der Waals surface area contributed by atoms with Crippen LogP contribution in [0.25, 0.3) is 17.0 Å². The number of nitrogens with zero attached hydrogens (tertiary/aromatic N) is 1. The van der Waals surface area contributed by atoms with Gasteiger partial charge < -0.3 is 14.6 Å². The van der Waals surface area contributed by atoms with Gasteiger partial charge in [0.1, 0.15) is 12.2 Å². The number of rotatable bonds is 4. The van der Waals surface area contributed by atoms with Crippen molar-refractivity contribution in [1.29, 1.82) is 0 Å². The summed E-state index contributed by atoms with van der Waals surface area (Å²) in [6, 6.07) is 16.0. The molecule has 2 heterocycles. The molecule has 1 aromatic heterocycles. The Bertz CT molecular complexity index is 1270. The van der Waals surface area contributed by atoms with Crippen LogP contribution >= 0.6 is 0 Å². The molecule has 1 saturated heterocycles. The van der Waals surface area contributed by atoms with Crippen molar-refractivity contribution in [3.8, 4) is 0 Å². The first-order valence-electron chi connectivity index (χ1n) is 10.4. The second-order valence-corrected chi connectivity index (χ2v) is 10.3. The lowest BCUT2D eigenvalue weighted by molar-refractivity contribution is -0.148. The van der Waals surface area contributed by atoms with Gasteiger partial charge in [-0.05, 0) is 50.5 Å². The molecule has 2 aromatic carbocycles. The minimum absolute atomic E-state index is 0.257. The Morgan fingerprint density at radius 2 is 1.77 bits per heavy atom. The zero-order valence-corrected chi connectivity index (χ0v) is 18.3. The number of aliphatic hydroxyl groups is 1. The number of para-hydroxylation sites is 1. The largest absolute Gasteiger partial charge is 0.386 e. The predicted molar refractivity (Wildman–Crippen MR) is 118 cm³/mol. The minimum Gasteiger partial charge on any atom is -0.386 e. The second kappa shape index (κ2) is 7.31. The van der Waals surface area contributed by atoms with E-state index in [-0.39, 0.29) is 4.90 Å². The summed E-state index contributed by atoms with van der Waals surface area (Å²) < 4.78 is 40.0. The number of aliphatic hydroxyl groups excluding tert-OH is 1. The Morgan fingerprint density at radius 1 is 1.06 bits per heavy atom. The van der Waals surface area contributed by atoms with Crippen LogP contribution in [0.2, 0.25) is 0 Å². The van der Waals surface area contributed by atoms with E-state index in [2.05, 4.69) is 0 Å². The molecule has 1 aliphatic heterocycles. The van der Waals surface area contributed by atoms with E-state index in [0.717, 1.165) is 22.2 Å². The average Bonchev–Trinajstić information content (AvgIpc) is 3.30. The third-order valence-corrected chi connectivity index (χ3v) is 7.76. The van der Waals surface area contributed by atoms with Crippen molar-refractivity contribution in [2.45, 2.75) is 49.6 Å². The van der Waals surface area contributed by atoms with Crippen molar-refractivity contribution in [3.05, 3.63) is 71.4 Å². The molecule has 31 heavy (non-hydrogen) atoms. The molecule has 2 atom stereocenters. The number of ether oxygens (including phenoxy) is 2. The summed E-state index contributed by atoms with van der Waals surface area (Å²) in [5.74, 6) is -0.716. The first kappa shape index (κ1) is 20.5. The predicted octanol–water partition coefficient (Wildman–Crippen LogP) is 3.72. The topological polar surface area (TPSA) is 77.8 Å². The molecule has 162 valence electrons. The highest BCUT2D eigenvalue weighted by Crippen LogP contribution is 2.38. The van der Waals surface area contributed by atoms with Crippen LogP contribution in [0.5, 0.6) is 0 Å². The third kappa shape index (κ3) is 3.42. The van der Waals surface area contributed by atoms with Crippen molar-refractivity contribution in [1.82, 2.24) is 3.97 Å². The molecule has 0 radical (unpaired) electrons. The summed E-state index contributed by atoms with van der Waals surface area (Å²) in [6.45, 7) is 3.98. The normalized spacial score (nSPS) is 21.6. The number of aromatic nitrogens is 1. The molecule has 1 N–H and O–H groups in total. The standard InChI is InChI=1S/C24H25NO5S/c1-24(2)29-15-22(30-24)23(26)16-12-13-21-19(14-16)18-10-6-7-11-20(18)25(21)31(27,28)17-8-4-3-5-9-17/h3-11,14,22-23,26H,12-13,15H2,1-2H3/t22-,23-/m1/s1. The van der Waals surface area contributed by atoms with Crippen molar-refractivity contribution in [2.75, 3.05) is 6.61 Å². The summed E-state index contributed by atoms with van der Waals surface area (Å²) in [7, 11) is -3.75. The molecule has 1 aliphatic carbocycles. The first-order valence-corrected chi connectivity index (χ1v) is 11.9. The third-order valence-electron chi connectivity index (χ3n) is 5.99. The van der Waals surface area contributed by atoms with Crippen LogP contribution in [0.3, 0.4) is 0 Å². The summed E-state index contributed by atoms with van der Waals surface area (Å²) in [4.78, 5) is 0.257. The summed E-state index contributed by atoms with van der Waals surface area (Å²) in [5, 5.41) is 11.8. The average molecular weight is 440 g/mol. The van der Waals surface area contributed by atoms with Gasteiger partial charge in [-0.3, -0.25) is 0 Å². The van der Waals surface area contributed by atoms with Gasteiger partial charge in [-0.25, -0.2) is 12.4 Å². The van der Waals surface area contributed by atoms with Crippen LogP contribution < -0.4 is 0 Å². The fourth-order valence-corrected chi connectivity index (χ4v) is 6.13. The van der Waals surface area contributed by atoms with Gasteiger partial charge in [-0.2, -0.15) is 0 Å². The molecule has 0 amide bonds. The SMILES string of the molecule is CC1(C)OC[C@H]([C@H](O)C2=Cc3c(n(S(=O)(=O)c4ccccc4)c4ccccc34)CC2)O1. The summed E-state index contributed by atoms with van der Waals surface area (Å²) >= 11 is 0. The molecule has 6 nitrogen and oxygen atoms in total.